The summed E-state index contributed by atoms with van der Waals surface area (Å²) in [6, 6.07) is 6.19. The number of hydrogen-bond donors (Lipinski definition) is 1. The van der Waals surface area contributed by atoms with Crippen molar-refractivity contribution in [3.63, 3.8) is 0 Å². The van der Waals surface area contributed by atoms with Crippen LogP contribution in [-0.2, 0) is 0 Å². The average molecular weight is 286 g/mol. The minimum absolute atomic E-state index is 0.107. The van der Waals surface area contributed by atoms with E-state index in [1.54, 1.807) is 0 Å². The number of benzene rings is 1. The molecule has 1 saturated carbocycles. The van der Waals surface area contributed by atoms with Gasteiger partial charge in [-0.15, -0.1) is 0 Å². The fourth-order valence-electron chi connectivity index (χ4n) is 3.02. The molecule has 0 heterocycles. The molecule has 2 nitrogen and oxygen atoms in total. The lowest BCUT2D eigenvalue weighted by molar-refractivity contribution is 0.0901. The number of hydrogen-bond acceptors (Lipinski definition) is 2. The molecule has 2 rings (SSSR count). The van der Waals surface area contributed by atoms with Crippen LogP contribution in [0.4, 0.5) is 0 Å². The molecule has 1 N–H and O–H groups in total. The van der Waals surface area contributed by atoms with Crippen molar-refractivity contribution in [1.29, 1.82) is 0 Å². The molecular formula is C19H26O2. The van der Waals surface area contributed by atoms with Crippen LogP contribution in [0, 0.1) is 24.7 Å². The number of aryl methyl sites for hydroxylation is 1. The SMILES string of the molecule is CCC1CCCCC1Oc1ccc(C)cc1C#CCCO. The van der Waals surface area contributed by atoms with E-state index in [4.69, 9.17) is 9.84 Å². The van der Waals surface area contributed by atoms with Gasteiger partial charge in [0.15, 0.2) is 0 Å². The molecule has 0 spiro atoms. The number of aliphatic hydroxyl groups excluding tert-OH is 1. The molecule has 114 valence electrons. The largest absolute Gasteiger partial charge is 0.489 e. The third-order valence-electron chi connectivity index (χ3n) is 4.24. The second-order valence-electron chi connectivity index (χ2n) is 5.88. The lowest BCUT2D eigenvalue weighted by atomic mass is 9.84. The highest BCUT2D eigenvalue weighted by atomic mass is 16.5. The fraction of sp³-hybridized carbons (Fsp3) is 0.579. The molecule has 0 saturated heterocycles. The molecule has 0 radical (unpaired) electrons. The summed E-state index contributed by atoms with van der Waals surface area (Å²) in [5, 5.41) is 8.86. The first-order valence-corrected chi connectivity index (χ1v) is 8.11. The lowest BCUT2D eigenvalue weighted by Gasteiger charge is -2.31. The minimum atomic E-state index is 0.107. The monoisotopic (exact) mass is 286 g/mol. The Morgan fingerprint density at radius 1 is 1.29 bits per heavy atom. The van der Waals surface area contributed by atoms with Gasteiger partial charge in [-0.2, -0.15) is 0 Å². The van der Waals surface area contributed by atoms with Crippen molar-refractivity contribution in [3.05, 3.63) is 29.3 Å². The quantitative estimate of drug-likeness (QED) is 0.845. The van der Waals surface area contributed by atoms with Crippen molar-refractivity contribution in [3.8, 4) is 17.6 Å². The Balaban J connectivity index is 2.16. The van der Waals surface area contributed by atoms with Gasteiger partial charge in [0, 0.05) is 6.42 Å². The highest BCUT2D eigenvalue weighted by Gasteiger charge is 2.25. The zero-order chi connectivity index (χ0) is 15.1. The minimum Gasteiger partial charge on any atom is -0.489 e. The molecule has 0 aromatic heterocycles. The van der Waals surface area contributed by atoms with Crippen LogP contribution in [0.2, 0.25) is 0 Å². The summed E-state index contributed by atoms with van der Waals surface area (Å²) in [6.45, 7) is 4.43. The predicted molar refractivity (Wildman–Crippen MR) is 86.4 cm³/mol. The van der Waals surface area contributed by atoms with Gasteiger partial charge < -0.3 is 9.84 Å². The molecule has 0 aliphatic heterocycles. The smallest absolute Gasteiger partial charge is 0.135 e. The Kier molecular flexibility index (Phi) is 6.14. The van der Waals surface area contributed by atoms with Gasteiger partial charge in [-0.25, -0.2) is 0 Å². The maximum absolute atomic E-state index is 8.86. The molecule has 1 aliphatic rings. The summed E-state index contributed by atoms with van der Waals surface area (Å²) < 4.78 is 6.31. The summed E-state index contributed by atoms with van der Waals surface area (Å²) in [7, 11) is 0. The molecule has 1 aliphatic carbocycles. The molecule has 2 unspecified atom stereocenters. The van der Waals surface area contributed by atoms with E-state index < -0.39 is 0 Å². The Hall–Kier alpha value is -1.46. The maximum atomic E-state index is 8.86. The molecule has 2 heteroatoms. The van der Waals surface area contributed by atoms with E-state index in [1.807, 2.05) is 6.07 Å². The molecule has 1 aromatic rings. The summed E-state index contributed by atoms with van der Waals surface area (Å²) in [4.78, 5) is 0. The maximum Gasteiger partial charge on any atom is 0.135 e. The van der Waals surface area contributed by atoms with E-state index in [1.165, 1.54) is 31.2 Å². The van der Waals surface area contributed by atoms with E-state index >= 15 is 0 Å². The Labute approximate surface area is 128 Å². The van der Waals surface area contributed by atoms with E-state index in [0.717, 1.165) is 17.7 Å². The van der Waals surface area contributed by atoms with Gasteiger partial charge in [0.25, 0.3) is 0 Å². The van der Waals surface area contributed by atoms with E-state index in [9.17, 15) is 0 Å². The van der Waals surface area contributed by atoms with Gasteiger partial charge in [0.05, 0.1) is 12.2 Å². The van der Waals surface area contributed by atoms with Gasteiger partial charge in [-0.3, -0.25) is 0 Å². The number of aliphatic hydroxyl groups is 1. The van der Waals surface area contributed by atoms with E-state index in [2.05, 4.69) is 37.8 Å². The van der Waals surface area contributed by atoms with Crippen LogP contribution in [0.1, 0.15) is 56.6 Å². The van der Waals surface area contributed by atoms with Crippen molar-refractivity contribution in [2.75, 3.05) is 6.61 Å². The van der Waals surface area contributed by atoms with Crippen LogP contribution in [0.3, 0.4) is 0 Å². The first kappa shape index (κ1) is 15.9. The van der Waals surface area contributed by atoms with Crippen molar-refractivity contribution < 1.29 is 9.84 Å². The van der Waals surface area contributed by atoms with E-state index in [-0.39, 0.29) is 6.61 Å². The van der Waals surface area contributed by atoms with Gasteiger partial charge in [0.2, 0.25) is 0 Å². The highest BCUT2D eigenvalue weighted by molar-refractivity contribution is 5.48. The topological polar surface area (TPSA) is 29.5 Å². The number of rotatable bonds is 4. The Morgan fingerprint density at radius 2 is 2.10 bits per heavy atom. The van der Waals surface area contributed by atoms with Crippen LogP contribution in [0.5, 0.6) is 5.75 Å². The van der Waals surface area contributed by atoms with Crippen molar-refractivity contribution in [2.45, 2.75) is 58.5 Å². The van der Waals surface area contributed by atoms with Crippen LogP contribution < -0.4 is 4.74 Å². The van der Waals surface area contributed by atoms with Gasteiger partial charge >= 0.3 is 0 Å². The number of ether oxygens (including phenoxy) is 1. The average Bonchev–Trinajstić information content (AvgIpc) is 2.50. The summed E-state index contributed by atoms with van der Waals surface area (Å²) >= 11 is 0. The van der Waals surface area contributed by atoms with Gasteiger partial charge in [-0.05, 0) is 56.2 Å². The van der Waals surface area contributed by atoms with Crippen molar-refractivity contribution in [2.24, 2.45) is 5.92 Å². The van der Waals surface area contributed by atoms with E-state index in [0.29, 0.717) is 18.4 Å². The molecular weight excluding hydrogens is 260 g/mol. The summed E-state index contributed by atoms with van der Waals surface area (Å²) in [5.41, 5.74) is 2.13. The third-order valence-corrected chi connectivity index (χ3v) is 4.24. The van der Waals surface area contributed by atoms with Crippen LogP contribution in [0.15, 0.2) is 18.2 Å². The molecule has 1 fully saturated rings. The van der Waals surface area contributed by atoms with Crippen LogP contribution in [0.25, 0.3) is 0 Å². The molecule has 21 heavy (non-hydrogen) atoms. The highest BCUT2D eigenvalue weighted by Crippen LogP contribution is 2.31. The Morgan fingerprint density at radius 3 is 2.86 bits per heavy atom. The Bertz CT molecular complexity index is 510. The normalized spacial score (nSPS) is 21.5. The van der Waals surface area contributed by atoms with Gasteiger partial charge in [0.1, 0.15) is 11.9 Å². The lowest BCUT2D eigenvalue weighted by Crippen LogP contribution is -2.30. The van der Waals surface area contributed by atoms with Crippen LogP contribution >= 0.6 is 0 Å². The standard InChI is InChI=1S/C19H26O2/c1-3-16-8-4-5-10-18(16)21-19-12-11-15(2)14-17(19)9-6-7-13-20/h11-12,14,16,18,20H,3-5,7-8,10,13H2,1-2H3. The zero-order valence-corrected chi connectivity index (χ0v) is 13.2. The first-order valence-electron chi connectivity index (χ1n) is 8.11. The summed E-state index contributed by atoms with van der Waals surface area (Å²) in [6.07, 6.45) is 7.03. The van der Waals surface area contributed by atoms with Gasteiger partial charge in [-0.1, -0.05) is 31.3 Å². The second kappa shape index (κ2) is 8.10. The third kappa shape index (κ3) is 4.51. The molecule has 0 amide bonds. The van der Waals surface area contributed by atoms with Crippen molar-refractivity contribution >= 4 is 0 Å². The zero-order valence-electron chi connectivity index (χ0n) is 13.2. The molecule has 2 atom stereocenters. The van der Waals surface area contributed by atoms with Crippen molar-refractivity contribution in [1.82, 2.24) is 0 Å². The first-order chi connectivity index (χ1) is 10.2. The predicted octanol–water partition coefficient (Wildman–Crippen LogP) is 4.08. The molecule has 0 bridgehead atoms. The molecule has 1 aromatic carbocycles. The summed E-state index contributed by atoms with van der Waals surface area (Å²) in [5.74, 6) is 7.71. The second-order valence-corrected chi connectivity index (χ2v) is 5.88. The fourth-order valence-corrected chi connectivity index (χ4v) is 3.02. The van der Waals surface area contributed by atoms with Crippen LogP contribution in [-0.4, -0.2) is 17.8 Å².